The van der Waals surface area contributed by atoms with Gasteiger partial charge in [-0.3, -0.25) is 4.79 Å². The smallest absolute Gasteiger partial charge is 0.410 e. The number of pyridine rings is 1. The molecule has 1 aliphatic rings. The average Bonchev–Trinajstić information content (AvgIpc) is 2.80. The first-order valence-corrected chi connectivity index (χ1v) is 12.6. The van der Waals surface area contributed by atoms with Gasteiger partial charge in [0.1, 0.15) is 5.60 Å². The number of H-pyrrole nitrogens is 1. The van der Waals surface area contributed by atoms with Crippen LogP contribution >= 0.6 is 0 Å². The number of benzene rings is 2. The topological polar surface area (TPSA) is 68.9 Å². The van der Waals surface area contributed by atoms with Gasteiger partial charge in [0, 0.05) is 62.2 Å². The molecule has 3 aromatic rings. The molecule has 36 heavy (non-hydrogen) atoms. The van der Waals surface area contributed by atoms with E-state index in [0.29, 0.717) is 19.6 Å². The Bertz CT molecular complexity index is 1330. The van der Waals surface area contributed by atoms with Gasteiger partial charge in [-0.05, 0) is 100 Å². The maximum atomic E-state index is 12.8. The molecule has 7 heteroatoms. The van der Waals surface area contributed by atoms with Gasteiger partial charge in [-0.15, -0.1) is 0 Å². The first-order valence-electron chi connectivity index (χ1n) is 12.6. The number of anilines is 2. The Hall–Kier alpha value is -3.48. The van der Waals surface area contributed by atoms with Crippen LogP contribution in [0.5, 0.6) is 0 Å². The molecule has 7 nitrogen and oxygen atoms in total. The molecule has 1 N–H and O–H groups in total. The van der Waals surface area contributed by atoms with Gasteiger partial charge in [0.05, 0.1) is 0 Å². The fourth-order valence-corrected chi connectivity index (χ4v) is 4.72. The molecule has 2 aromatic carbocycles. The molecule has 1 fully saturated rings. The fraction of sp³-hybridized carbons (Fsp3) is 0.448. The lowest BCUT2D eigenvalue weighted by molar-refractivity contribution is 0.0240. The number of nitrogens with one attached hydrogen (secondary N) is 1. The summed E-state index contributed by atoms with van der Waals surface area (Å²) in [5.41, 5.74) is 6.86. The maximum absolute atomic E-state index is 12.8. The van der Waals surface area contributed by atoms with Crippen molar-refractivity contribution in [3.63, 3.8) is 0 Å². The van der Waals surface area contributed by atoms with E-state index in [1.165, 1.54) is 11.1 Å². The third kappa shape index (κ3) is 5.66. The van der Waals surface area contributed by atoms with Crippen LogP contribution in [-0.4, -0.2) is 54.8 Å². The predicted octanol–water partition coefficient (Wildman–Crippen LogP) is 5.15. The summed E-state index contributed by atoms with van der Waals surface area (Å²) in [5, 5.41) is 1.05. The number of carbonyl (C=O) groups excluding carboxylic acids is 1. The van der Waals surface area contributed by atoms with E-state index in [4.69, 9.17) is 4.74 Å². The first-order chi connectivity index (χ1) is 16.9. The normalized spacial score (nSPS) is 14.3. The molecule has 0 aliphatic carbocycles. The molecular weight excluding hydrogens is 452 g/mol. The molecule has 1 aromatic heterocycles. The van der Waals surface area contributed by atoms with Crippen molar-refractivity contribution in [2.45, 2.75) is 53.7 Å². The number of hydrogen-bond acceptors (Lipinski definition) is 5. The Morgan fingerprint density at radius 3 is 2.28 bits per heavy atom. The summed E-state index contributed by atoms with van der Waals surface area (Å²) in [7, 11) is 2.02. The van der Waals surface area contributed by atoms with Crippen LogP contribution in [0.25, 0.3) is 10.9 Å². The van der Waals surface area contributed by atoms with Crippen LogP contribution in [0.3, 0.4) is 0 Å². The lowest BCUT2D eigenvalue weighted by Gasteiger charge is -2.37. The molecule has 1 aliphatic heterocycles. The van der Waals surface area contributed by atoms with E-state index in [1.54, 1.807) is 4.90 Å². The van der Waals surface area contributed by atoms with Crippen molar-refractivity contribution in [1.82, 2.24) is 9.88 Å². The van der Waals surface area contributed by atoms with Crippen LogP contribution in [0.4, 0.5) is 16.2 Å². The highest BCUT2D eigenvalue weighted by Crippen LogP contribution is 2.27. The molecular formula is C29H38N4O3. The van der Waals surface area contributed by atoms with Crippen molar-refractivity contribution in [2.24, 2.45) is 0 Å². The first kappa shape index (κ1) is 25.6. The van der Waals surface area contributed by atoms with Crippen LogP contribution in [-0.2, 0) is 11.3 Å². The number of fused-ring (bicyclic) bond motifs is 1. The van der Waals surface area contributed by atoms with Gasteiger partial charge in [-0.2, -0.15) is 0 Å². The SMILES string of the molecule is Cc1cc2cc(CN(C)c3ccc(N4CCN(C(=O)OC(C)(C)C)CC4)cc3C)c(=O)[nH]c2cc1C. The zero-order valence-corrected chi connectivity index (χ0v) is 22.6. The molecule has 0 bridgehead atoms. The Morgan fingerprint density at radius 2 is 1.64 bits per heavy atom. The predicted molar refractivity (Wildman–Crippen MR) is 147 cm³/mol. The van der Waals surface area contributed by atoms with E-state index >= 15 is 0 Å². The molecule has 0 radical (unpaired) electrons. The molecule has 1 saturated heterocycles. The van der Waals surface area contributed by atoms with Crippen molar-refractivity contribution in [2.75, 3.05) is 43.0 Å². The summed E-state index contributed by atoms with van der Waals surface area (Å²) in [6.45, 7) is 15.2. The molecule has 2 heterocycles. The van der Waals surface area contributed by atoms with Crippen LogP contribution in [0, 0.1) is 20.8 Å². The van der Waals surface area contributed by atoms with Crippen molar-refractivity contribution >= 4 is 28.4 Å². The summed E-state index contributed by atoms with van der Waals surface area (Å²) in [4.78, 5) is 34.4. The third-order valence-electron chi connectivity index (χ3n) is 6.83. The maximum Gasteiger partial charge on any atom is 0.410 e. The number of piperazine rings is 1. The van der Waals surface area contributed by atoms with E-state index in [9.17, 15) is 9.59 Å². The van der Waals surface area contributed by atoms with Crippen molar-refractivity contribution in [3.8, 4) is 0 Å². The number of aromatic nitrogens is 1. The highest BCUT2D eigenvalue weighted by molar-refractivity contribution is 5.81. The summed E-state index contributed by atoms with van der Waals surface area (Å²) in [6.07, 6.45) is -0.246. The Labute approximate surface area is 213 Å². The minimum atomic E-state index is -0.483. The highest BCUT2D eigenvalue weighted by Gasteiger charge is 2.26. The van der Waals surface area contributed by atoms with Gasteiger partial charge in [0.2, 0.25) is 0 Å². The summed E-state index contributed by atoms with van der Waals surface area (Å²) >= 11 is 0. The number of rotatable bonds is 4. The number of aromatic amines is 1. The second-order valence-corrected chi connectivity index (χ2v) is 10.9. The Morgan fingerprint density at radius 1 is 0.972 bits per heavy atom. The van der Waals surface area contributed by atoms with Crippen LogP contribution in [0.2, 0.25) is 0 Å². The molecule has 192 valence electrons. The zero-order chi connectivity index (χ0) is 26.2. The minimum Gasteiger partial charge on any atom is -0.444 e. The quantitative estimate of drug-likeness (QED) is 0.548. The number of ether oxygens (including phenoxy) is 1. The van der Waals surface area contributed by atoms with Gasteiger partial charge >= 0.3 is 6.09 Å². The van der Waals surface area contributed by atoms with Gasteiger partial charge < -0.3 is 24.4 Å². The van der Waals surface area contributed by atoms with E-state index in [0.717, 1.165) is 46.5 Å². The number of aryl methyl sites for hydroxylation is 3. The molecule has 0 saturated carbocycles. The van der Waals surface area contributed by atoms with E-state index in [2.05, 4.69) is 59.8 Å². The Balaban J connectivity index is 1.44. The van der Waals surface area contributed by atoms with Gasteiger partial charge in [0.25, 0.3) is 5.56 Å². The molecule has 4 rings (SSSR count). The van der Waals surface area contributed by atoms with E-state index < -0.39 is 5.60 Å². The number of hydrogen-bond donors (Lipinski definition) is 1. The average molecular weight is 491 g/mol. The summed E-state index contributed by atoms with van der Waals surface area (Å²) < 4.78 is 5.51. The standard InChI is InChI=1S/C29H38N4O3/c1-19-14-22-17-23(27(34)30-25(22)16-20(19)2)18-31(7)26-9-8-24(15-21(26)3)32-10-12-33(13-11-32)28(35)36-29(4,5)6/h8-9,14-17H,10-13,18H2,1-7H3,(H,30,34). The Kier molecular flexibility index (Phi) is 7.03. The van der Waals surface area contributed by atoms with Gasteiger partial charge in [-0.1, -0.05) is 0 Å². The monoisotopic (exact) mass is 490 g/mol. The van der Waals surface area contributed by atoms with Crippen LogP contribution in [0.15, 0.2) is 41.2 Å². The summed E-state index contributed by atoms with van der Waals surface area (Å²) in [6, 6.07) is 12.6. The number of amides is 1. The van der Waals surface area contributed by atoms with Gasteiger partial charge in [-0.25, -0.2) is 4.79 Å². The van der Waals surface area contributed by atoms with Crippen molar-refractivity contribution < 1.29 is 9.53 Å². The zero-order valence-electron chi connectivity index (χ0n) is 22.6. The third-order valence-corrected chi connectivity index (χ3v) is 6.83. The van der Waals surface area contributed by atoms with E-state index in [-0.39, 0.29) is 11.7 Å². The molecule has 0 unspecified atom stereocenters. The molecule has 0 atom stereocenters. The second kappa shape index (κ2) is 9.88. The highest BCUT2D eigenvalue weighted by atomic mass is 16.6. The molecule has 0 spiro atoms. The fourth-order valence-electron chi connectivity index (χ4n) is 4.72. The van der Waals surface area contributed by atoms with Crippen molar-refractivity contribution in [1.29, 1.82) is 0 Å². The molecule has 1 amide bonds. The van der Waals surface area contributed by atoms with Crippen molar-refractivity contribution in [3.05, 3.63) is 69.0 Å². The second-order valence-electron chi connectivity index (χ2n) is 10.9. The largest absolute Gasteiger partial charge is 0.444 e. The van der Waals surface area contributed by atoms with Crippen LogP contribution in [0.1, 0.15) is 43.0 Å². The lowest BCUT2D eigenvalue weighted by atomic mass is 10.0. The minimum absolute atomic E-state index is 0.0465. The van der Waals surface area contributed by atoms with Gasteiger partial charge in [0.15, 0.2) is 0 Å². The van der Waals surface area contributed by atoms with E-state index in [1.807, 2.05) is 40.0 Å². The number of carbonyl (C=O) groups is 1. The number of nitrogens with zero attached hydrogens (tertiary/aromatic N) is 3. The lowest BCUT2D eigenvalue weighted by Crippen LogP contribution is -2.50. The summed E-state index contributed by atoms with van der Waals surface area (Å²) in [5.74, 6) is 0. The van der Waals surface area contributed by atoms with Crippen LogP contribution < -0.4 is 15.4 Å².